The lowest BCUT2D eigenvalue weighted by atomic mass is 10.2. The van der Waals surface area contributed by atoms with Gasteiger partial charge in [-0.2, -0.15) is 5.10 Å². The van der Waals surface area contributed by atoms with E-state index in [1.165, 1.54) is 10.9 Å². The Kier molecular flexibility index (Phi) is 4.65. The van der Waals surface area contributed by atoms with Gasteiger partial charge in [0, 0.05) is 24.4 Å². The van der Waals surface area contributed by atoms with Crippen LogP contribution >= 0.6 is 0 Å². The third-order valence-electron chi connectivity index (χ3n) is 2.93. The molecule has 3 N–H and O–H groups in total. The number of carbonyl (C=O) groups excluding carboxylic acids is 1. The van der Waals surface area contributed by atoms with E-state index in [-0.39, 0.29) is 12.5 Å². The first-order valence-corrected chi connectivity index (χ1v) is 6.38. The molecule has 0 saturated carbocycles. The Morgan fingerprint density at radius 2 is 2.19 bits per heavy atom. The number of nitrogens with zero attached hydrogens (tertiary/aromatic N) is 2. The molecule has 0 radical (unpaired) electrons. The van der Waals surface area contributed by atoms with Crippen LogP contribution in [0.1, 0.15) is 5.56 Å². The van der Waals surface area contributed by atoms with E-state index in [1.807, 2.05) is 12.1 Å². The zero-order valence-electron chi connectivity index (χ0n) is 12.0. The maximum absolute atomic E-state index is 11.8. The van der Waals surface area contributed by atoms with E-state index >= 15 is 0 Å². The molecule has 1 aromatic carbocycles. The first kappa shape index (κ1) is 14.7. The van der Waals surface area contributed by atoms with E-state index in [9.17, 15) is 4.79 Å². The molecule has 0 aliphatic rings. The highest BCUT2D eigenvalue weighted by Crippen LogP contribution is 2.24. The van der Waals surface area contributed by atoms with Gasteiger partial charge in [-0.25, -0.2) is 0 Å². The molecule has 0 saturated heterocycles. The number of nitrogens with two attached hydrogens (primary N) is 1. The van der Waals surface area contributed by atoms with E-state index in [0.29, 0.717) is 23.7 Å². The van der Waals surface area contributed by atoms with Gasteiger partial charge in [-0.15, -0.1) is 0 Å². The predicted molar refractivity (Wildman–Crippen MR) is 78.0 cm³/mol. The Labute approximate surface area is 122 Å². The zero-order valence-corrected chi connectivity index (χ0v) is 12.0. The number of methoxy groups -OCH3 is 2. The van der Waals surface area contributed by atoms with E-state index < -0.39 is 0 Å². The predicted octanol–water partition coefficient (Wildman–Crippen LogP) is 0.799. The Bertz CT molecular complexity index is 624. The number of anilines is 1. The Balaban J connectivity index is 1.94. The normalized spacial score (nSPS) is 10.2. The van der Waals surface area contributed by atoms with Crippen molar-refractivity contribution < 1.29 is 14.3 Å². The van der Waals surface area contributed by atoms with Gasteiger partial charge in [0.25, 0.3) is 0 Å². The topological polar surface area (TPSA) is 91.4 Å². The Morgan fingerprint density at radius 3 is 2.81 bits per heavy atom. The average molecular weight is 290 g/mol. The molecule has 2 aromatic rings. The van der Waals surface area contributed by atoms with Crippen molar-refractivity contribution in [3.8, 4) is 11.5 Å². The summed E-state index contributed by atoms with van der Waals surface area (Å²) in [6.45, 7) is 0.485. The summed E-state index contributed by atoms with van der Waals surface area (Å²) >= 11 is 0. The van der Waals surface area contributed by atoms with Crippen LogP contribution in [0.5, 0.6) is 11.5 Å². The van der Waals surface area contributed by atoms with Gasteiger partial charge >= 0.3 is 0 Å². The number of rotatable bonds is 6. The van der Waals surface area contributed by atoms with Crippen LogP contribution in [0.3, 0.4) is 0 Å². The van der Waals surface area contributed by atoms with Crippen molar-refractivity contribution in [1.29, 1.82) is 0 Å². The van der Waals surface area contributed by atoms with E-state index in [4.69, 9.17) is 15.2 Å². The molecule has 21 heavy (non-hydrogen) atoms. The van der Waals surface area contributed by atoms with Gasteiger partial charge in [-0.05, 0) is 12.1 Å². The summed E-state index contributed by atoms with van der Waals surface area (Å²) in [4.78, 5) is 11.8. The third-order valence-corrected chi connectivity index (χ3v) is 2.93. The molecule has 1 amide bonds. The van der Waals surface area contributed by atoms with Gasteiger partial charge in [-0.3, -0.25) is 9.48 Å². The molecule has 0 aliphatic carbocycles. The van der Waals surface area contributed by atoms with Crippen molar-refractivity contribution in [2.75, 3.05) is 20.0 Å². The molecule has 2 rings (SSSR count). The second kappa shape index (κ2) is 6.65. The maximum atomic E-state index is 11.8. The van der Waals surface area contributed by atoms with Crippen LogP contribution in [-0.4, -0.2) is 29.9 Å². The molecule has 0 atom stereocenters. The number of aromatic nitrogens is 2. The lowest BCUT2D eigenvalue weighted by Gasteiger charge is -2.11. The number of hydrogen-bond donors (Lipinski definition) is 2. The molecule has 0 bridgehead atoms. The highest BCUT2D eigenvalue weighted by Gasteiger charge is 2.08. The van der Waals surface area contributed by atoms with Crippen molar-refractivity contribution in [2.24, 2.45) is 0 Å². The highest BCUT2D eigenvalue weighted by atomic mass is 16.5. The van der Waals surface area contributed by atoms with Crippen molar-refractivity contribution in [3.05, 3.63) is 36.2 Å². The second-order valence-electron chi connectivity index (χ2n) is 4.43. The minimum Gasteiger partial charge on any atom is -0.497 e. The molecular weight excluding hydrogens is 272 g/mol. The molecule has 0 spiro atoms. The number of nitrogens with one attached hydrogen (secondary N) is 1. The van der Waals surface area contributed by atoms with Gasteiger partial charge < -0.3 is 20.5 Å². The van der Waals surface area contributed by atoms with Gasteiger partial charge in [0.05, 0.1) is 26.1 Å². The average Bonchev–Trinajstić information content (AvgIpc) is 2.90. The van der Waals surface area contributed by atoms with Gasteiger partial charge in [0.15, 0.2) is 0 Å². The third kappa shape index (κ3) is 3.88. The lowest BCUT2D eigenvalue weighted by molar-refractivity contribution is -0.122. The first-order chi connectivity index (χ1) is 10.1. The molecular formula is C14H18N4O3. The monoisotopic (exact) mass is 290 g/mol. The van der Waals surface area contributed by atoms with Crippen LogP contribution in [0.15, 0.2) is 30.6 Å². The number of benzene rings is 1. The summed E-state index contributed by atoms with van der Waals surface area (Å²) in [5.74, 6) is 1.21. The van der Waals surface area contributed by atoms with Gasteiger partial charge in [0.2, 0.25) is 5.91 Å². The summed E-state index contributed by atoms with van der Waals surface area (Å²) in [7, 11) is 3.17. The molecule has 0 unspecified atom stereocenters. The van der Waals surface area contributed by atoms with E-state index in [2.05, 4.69) is 10.4 Å². The van der Waals surface area contributed by atoms with E-state index in [1.54, 1.807) is 26.5 Å². The minimum atomic E-state index is -0.157. The number of carbonyl (C=O) groups is 1. The summed E-state index contributed by atoms with van der Waals surface area (Å²) in [6, 6.07) is 5.44. The van der Waals surface area contributed by atoms with Crippen LogP contribution < -0.4 is 20.5 Å². The fourth-order valence-corrected chi connectivity index (χ4v) is 1.86. The largest absolute Gasteiger partial charge is 0.497 e. The summed E-state index contributed by atoms with van der Waals surface area (Å²) < 4.78 is 11.9. The van der Waals surface area contributed by atoms with Crippen LogP contribution in [0.25, 0.3) is 0 Å². The fourth-order valence-electron chi connectivity index (χ4n) is 1.86. The standard InChI is InChI=1S/C14H18N4O3/c1-20-12-4-3-10(13(5-12)21-2)6-16-14(19)9-18-8-11(15)7-17-18/h3-5,7-8H,6,9,15H2,1-2H3,(H,16,19). The number of nitrogen functional groups attached to an aromatic ring is 1. The van der Waals surface area contributed by atoms with Crippen molar-refractivity contribution in [3.63, 3.8) is 0 Å². The summed E-state index contributed by atoms with van der Waals surface area (Å²) in [6.07, 6.45) is 3.10. The summed E-state index contributed by atoms with van der Waals surface area (Å²) in [5, 5.41) is 6.76. The molecule has 7 nitrogen and oxygen atoms in total. The first-order valence-electron chi connectivity index (χ1n) is 6.38. The lowest BCUT2D eigenvalue weighted by Crippen LogP contribution is -2.27. The molecule has 112 valence electrons. The van der Waals surface area contributed by atoms with Crippen LogP contribution in [0.4, 0.5) is 5.69 Å². The molecule has 0 fully saturated rings. The quantitative estimate of drug-likeness (QED) is 0.821. The smallest absolute Gasteiger partial charge is 0.242 e. The fraction of sp³-hybridized carbons (Fsp3) is 0.286. The van der Waals surface area contributed by atoms with Crippen LogP contribution in [0, 0.1) is 0 Å². The molecule has 0 aliphatic heterocycles. The van der Waals surface area contributed by atoms with Crippen molar-refractivity contribution >= 4 is 11.6 Å². The molecule has 7 heteroatoms. The Hall–Kier alpha value is -2.70. The maximum Gasteiger partial charge on any atom is 0.242 e. The van der Waals surface area contributed by atoms with E-state index in [0.717, 1.165) is 5.56 Å². The Morgan fingerprint density at radius 1 is 1.38 bits per heavy atom. The second-order valence-corrected chi connectivity index (χ2v) is 4.43. The minimum absolute atomic E-state index is 0.121. The SMILES string of the molecule is COc1ccc(CNC(=O)Cn2cc(N)cn2)c(OC)c1. The van der Waals surface area contributed by atoms with Crippen molar-refractivity contribution in [1.82, 2.24) is 15.1 Å². The number of ether oxygens (including phenoxy) is 2. The molecule has 1 heterocycles. The van der Waals surface area contributed by atoms with Crippen molar-refractivity contribution in [2.45, 2.75) is 13.1 Å². The number of amides is 1. The number of hydrogen-bond acceptors (Lipinski definition) is 5. The molecule has 1 aromatic heterocycles. The zero-order chi connectivity index (χ0) is 15.2. The highest BCUT2D eigenvalue weighted by molar-refractivity contribution is 5.75. The summed E-state index contributed by atoms with van der Waals surface area (Å²) in [5.41, 5.74) is 6.94. The van der Waals surface area contributed by atoms with Gasteiger partial charge in [0.1, 0.15) is 18.0 Å². The van der Waals surface area contributed by atoms with Crippen LogP contribution in [-0.2, 0) is 17.9 Å². The van der Waals surface area contributed by atoms with Crippen LogP contribution in [0.2, 0.25) is 0 Å². The van der Waals surface area contributed by atoms with Gasteiger partial charge in [-0.1, -0.05) is 0 Å².